The van der Waals surface area contributed by atoms with Crippen LogP contribution >= 0.6 is 0 Å². The van der Waals surface area contributed by atoms with Crippen molar-refractivity contribution in [3.63, 3.8) is 0 Å². The van der Waals surface area contributed by atoms with E-state index in [-0.39, 0.29) is 11.5 Å². The number of carbonyl (C=O) groups excluding carboxylic acids is 1. The van der Waals surface area contributed by atoms with Gasteiger partial charge in [-0.1, -0.05) is 6.07 Å². The third kappa shape index (κ3) is 5.72. The van der Waals surface area contributed by atoms with Crippen molar-refractivity contribution in [2.45, 2.75) is 37.2 Å². The Balaban J connectivity index is 2.93. The Labute approximate surface area is 131 Å². The number of carbonyl (C=O) groups is 1. The van der Waals surface area contributed by atoms with E-state index < -0.39 is 27.5 Å². The molecule has 0 saturated heterocycles. The topological polar surface area (TPSA) is 111 Å². The minimum absolute atomic E-state index is 0.0699. The second-order valence-electron chi connectivity index (χ2n) is 5.93. The highest BCUT2D eigenvalue weighted by Gasteiger charge is 2.22. The molecule has 0 radical (unpaired) electrons. The predicted octanol–water partition coefficient (Wildman–Crippen LogP) is 0.676. The highest BCUT2D eigenvalue weighted by Crippen LogP contribution is 2.17. The van der Waals surface area contributed by atoms with Crippen molar-refractivity contribution >= 4 is 21.6 Å². The number of rotatable bonds is 6. The molecule has 0 aliphatic rings. The average Bonchev–Trinajstić information content (AvgIpc) is 2.36. The van der Waals surface area contributed by atoms with Crippen LogP contribution in [-0.2, 0) is 19.6 Å². The lowest BCUT2D eigenvalue weighted by atomic mass is 10.1. The second kappa shape index (κ2) is 7.19. The van der Waals surface area contributed by atoms with E-state index in [1.54, 1.807) is 32.9 Å². The fourth-order valence-corrected chi connectivity index (χ4v) is 3.16. The summed E-state index contributed by atoms with van der Waals surface area (Å²) in [6.07, 6.45) is 0. The summed E-state index contributed by atoms with van der Waals surface area (Å²) in [6.45, 7) is 5.33. The van der Waals surface area contributed by atoms with E-state index in [9.17, 15) is 13.2 Å². The lowest BCUT2D eigenvalue weighted by Crippen LogP contribution is -2.40. The Morgan fingerprint density at radius 2 is 2.00 bits per heavy atom. The van der Waals surface area contributed by atoms with Gasteiger partial charge in [-0.05, 0) is 39.0 Å². The first-order valence-corrected chi connectivity index (χ1v) is 8.23. The quantitative estimate of drug-likeness (QED) is 0.710. The summed E-state index contributed by atoms with van der Waals surface area (Å²) in [5.41, 5.74) is 5.37. The number of anilines is 1. The molecule has 1 rings (SSSR count). The molecule has 1 atom stereocenters. The van der Waals surface area contributed by atoms with E-state index in [2.05, 4.69) is 10.0 Å². The van der Waals surface area contributed by atoms with Crippen LogP contribution in [0.1, 0.15) is 20.8 Å². The molecule has 0 spiro atoms. The van der Waals surface area contributed by atoms with Crippen LogP contribution in [0.5, 0.6) is 0 Å². The maximum atomic E-state index is 12.3. The molecule has 1 aromatic carbocycles. The molecule has 8 heteroatoms. The van der Waals surface area contributed by atoms with Crippen LogP contribution in [-0.4, -0.2) is 39.6 Å². The van der Waals surface area contributed by atoms with E-state index in [0.717, 1.165) is 0 Å². The molecule has 0 aliphatic carbocycles. The molecular formula is C14H23N3O4S. The number of methoxy groups -OCH3 is 1. The fraction of sp³-hybridized carbons (Fsp3) is 0.500. The van der Waals surface area contributed by atoms with Gasteiger partial charge in [0.2, 0.25) is 15.9 Å². The molecular weight excluding hydrogens is 306 g/mol. The first kappa shape index (κ1) is 18.6. The van der Waals surface area contributed by atoms with Gasteiger partial charge in [0, 0.05) is 18.3 Å². The van der Waals surface area contributed by atoms with Crippen molar-refractivity contribution in [1.82, 2.24) is 4.72 Å². The van der Waals surface area contributed by atoms with Crippen molar-refractivity contribution in [2.24, 2.45) is 5.73 Å². The Morgan fingerprint density at radius 3 is 2.55 bits per heavy atom. The van der Waals surface area contributed by atoms with Gasteiger partial charge in [0.15, 0.2) is 0 Å². The van der Waals surface area contributed by atoms with Gasteiger partial charge in [0.25, 0.3) is 0 Å². The van der Waals surface area contributed by atoms with Crippen LogP contribution in [0.25, 0.3) is 0 Å². The summed E-state index contributed by atoms with van der Waals surface area (Å²) in [4.78, 5) is 11.9. The molecule has 1 aromatic rings. The standard InChI is InChI=1S/C14H23N3O4S/c1-14(2,3)17-22(19,20)11-7-5-6-10(8-11)16-13(18)12(15)9-21-4/h5-8,12,17H,9,15H2,1-4H3,(H,16,18). The molecule has 22 heavy (non-hydrogen) atoms. The first-order valence-electron chi connectivity index (χ1n) is 6.74. The van der Waals surface area contributed by atoms with E-state index >= 15 is 0 Å². The summed E-state index contributed by atoms with van der Waals surface area (Å²) < 4.78 is 31.9. The van der Waals surface area contributed by atoms with Crippen LogP contribution in [0, 0.1) is 0 Å². The monoisotopic (exact) mass is 329 g/mol. The highest BCUT2D eigenvalue weighted by molar-refractivity contribution is 7.89. The zero-order valence-electron chi connectivity index (χ0n) is 13.2. The molecule has 1 amide bonds. The molecule has 0 fully saturated rings. The molecule has 0 heterocycles. The van der Waals surface area contributed by atoms with E-state index in [1.165, 1.54) is 19.2 Å². The molecule has 0 saturated carbocycles. The summed E-state index contributed by atoms with van der Waals surface area (Å²) in [5, 5.41) is 2.57. The van der Waals surface area contributed by atoms with Crippen molar-refractivity contribution < 1.29 is 17.9 Å². The summed E-state index contributed by atoms with van der Waals surface area (Å²) in [7, 11) is -2.22. The minimum Gasteiger partial charge on any atom is -0.383 e. The Morgan fingerprint density at radius 1 is 1.36 bits per heavy atom. The van der Waals surface area contributed by atoms with E-state index in [0.29, 0.717) is 5.69 Å². The molecule has 4 N–H and O–H groups in total. The first-order chi connectivity index (χ1) is 10.0. The van der Waals surface area contributed by atoms with Gasteiger partial charge < -0.3 is 15.8 Å². The maximum Gasteiger partial charge on any atom is 0.243 e. The number of amides is 1. The minimum atomic E-state index is -3.66. The summed E-state index contributed by atoms with van der Waals surface area (Å²) >= 11 is 0. The van der Waals surface area contributed by atoms with Crippen LogP contribution in [0.3, 0.4) is 0 Å². The predicted molar refractivity (Wildman–Crippen MR) is 85.0 cm³/mol. The lowest BCUT2D eigenvalue weighted by molar-refractivity contribution is -0.118. The summed E-state index contributed by atoms with van der Waals surface area (Å²) in [6, 6.07) is 5.16. The van der Waals surface area contributed by atoms with Gasteiger partial charge in [-0.15, -0.1) is 0 Å². The fourth-order valence-electron chi connectivity index (χ4n) is 1.69. The third-order valence-corrected chi connectivity index (χ3v) is 4.29. The third-order valence-electron chi connectivity index (χ3n) is 2.54. The lowest BCUT2D eigenvalue weighted by Gasteiger charge is -2.20. The van der Waals surface area contributed by atoms with Crippen molar-refractivity contribution in [3.05, 3.63) is 24.3 Å². The van der Waals surface area contributed by atoms with Gasteiger partial charge in [-0.25, -0.2) is 13.1 Å². The van der Waals surface area contributed by atoms with Crippen molar-refractivity contribution in [2.75, 3.05) is 19.0 Å². The van der Waals surface area contributed by atoms with Gasteiger partial charge in [0.05, 0.1) is 11.5 Å². The van der Waals surface area contributed by atoms with Crippen LogP contribution in [0.4, 0.5) is 5.69 Å². The van der Waals surface area contributed by atoms with E-state index in [4.69, 9.17) is 10.5 Å². The zero-order valence-corrected chi connectivity index (χ0v) is 14.0. The maximum absolute atomic E-state index is 12.3. The Hall–Kier alpha value is -1.48. The van der Waals surface area contributed by atoms with Crippen molar-refractivity contribution in [1.29, 1.82) is 0 Å². The van der Waals surface area contributed by atoms with Crippen LogP contribution in [0.15, 0.2) is 29.2 Å². The average molecular weight is 329 g/mol. The molecule has 124 valence electrons. The number of nitrogens with two attached hydrogens (primary N) is 1. The molecule has 0 aromatic heterocycles. The zero-order chi connectivity index (χ0) is 17.0. The van der Waals surface area contributed by atoms with Crippen LogP contribution < -0.4 is 15.8 Å². The van der Waals surface area contributed by atoms with Gasteiger partial charge in [-0.3, -0.25) is 4.79 Å². The normalized spacial score (nSPS) is 13.7. The highest BCUT2D eigenvalue weighted by atomic mass is 32.2. The smallest absolute Gasteiger partial charge is 0.243 e. The number of hydrogen-bond acceptors (Lipinski definition) is 5. The van der Waals surface area contributed by atoms with Gasteiger partial charge in [-0.2, -0.15) is 0 Å². The molecule has 0 aliphatic heterocycles. The number of hydrogen-bond donors (Lipinski definition) is 3. The van der Waals surface area contributed by atoms with E-state index in [1.807, 2.05) is 0 Å². The SMILES string of the molecule is COCC(N)C(=O)Nc1cccc(S(=O)(=O)NC(C)(C)C)c1. The molecule has 1 unspecified atom stereocenters. The number of ether oxygens (including phenoxy) is 1. The van der Waals surface area contributed by atoms with Gasteiger partial charge >= 0.3 is 0 Å². The van der Waals surface area contributed by atoms with Crippen molar-refractivity contribution in [3.8, 4) is 0 Å². The summed E-state index contributed by atoms with van der Waals surface area (Å²) in [5.74, 6) is -0.444. The Kier molecular flexibility index (Phi) is 6.07. The largest absolute Gasteiger partial charge is 0.383 e. The number of nitrogens with one attached hydrogen (secondary N) is 2. The van der Waals surface area contributed by atoms with Gasteiger partial charge in [0.1, 0.15) is 6.04 Å². The second-order valence-corrected chi connectivity index (χ2v) is 7.62. The van der Waals surface area contributed by atoms with Crippen LogP contribution in [0.2, 0.25) is 0 Å². The number of sulfonamides is 1. The number of benzene rings is 1. The molecule has 7 nitrogen and oxygen atoms in total. The Bertz CT molecular complexity index is 623. The molecule has 0 bridgehead atoms.